The van der Waals surface area contributed by atoms with Crippen molar-refractivity contribution in [2.24, 2.45) is 0 Å². The van der Waals surface area contributed by atoms with Crippen LogP contribution in [-0.4, -0.2) is 19.5 Å². The van der Waals surface area contributed by atoms with Gasteiger partial charge in [-0.2, -0.15) is 0 Å². The molecule has 0 aliphatic rings. The summed E-state index contributed by atoms with van der Waals surface area (Å²) in [4.78, 5) is 12.9. The lowest BCUT2D eigenvalue weighted by atomic mass is 9.77. The molecular weight excluding hydrogens is 392 g/mol. The molecular formula is C28H20N4. The number of nitrogens with zero attached hydrogens (tertiary/aromatic N) is 4. The van der Waals surface area contributed by atoms with Crippen LogP contribution in [0.4, 0.5) is 0 Å². The number of rotatable bonds is 4. The highest BCUT2D eigenvalue weighted by Gasteiger charge is 2.38. The van der Waals surface area contributed by atoms with Crippen LogP contribution in [0.3, 0.4) is 0 Å². The van der Waals surface area contributed by atoms with E-state index in [1.165, 1.54) is 0 Å². The fraction of sp³-hybridized carbons (Fsp3) is 0.0357. The second-order valence-corrected chi connectivity index (χ2v) is 7.32. The Hall–Kier alpha value is -4.49. The second-order valence-electron chi connectivity index (χ2n) is 7.32. The zero-order valence-electron chi connectivity index (χ0n) is 17.3. The SMILES string of the molecule is C(#Cc1cn(C(c2ccccc2)(c2ccccc2)c2ccccc2)cn1)c1cnccn1. The minimum atomic E-state index is -0.594. The van der Waals surface area contributed by atoms with Crippen molar-refractivity contribution in [2.45, 2.75) is 5.54 Å². The largest absolute Gasteiger partial charge is 0.318 e. The van der Waals surface area contributed by atoms with Crippen molar-refractivity contribution in [1.29, 1.82) is 0 Å². The van der Waals surface area contributed by atoms with Crippen molar-refractivity contribution in [3.63, 3.8) is 0 Å². The van der Waals surface area contributed by atoms with Gasteiger partial charge in [0.1, 0.15) is 16.9 Å². The van der Waals surface area contributed by atoms with E-state index in [9.17, 15) is 0 Å². The molecule has 0 fully saturated rings. The smallest absolute Gasteiger partial charge is 0.131 e. The van der Waals surface area contributed by atoms with Crippen LogP contribution in [-0.2, 0) is 5.54 Å². The minimum absolute atomic E-state index is 0.594. The standard InChI is InChI=1S/C28H20N4/c1-4-10-23(11-5-1)28(24-12-6-2-7-13-24,25-14-8-3-9-15-25)32-21-27(31-22-32)17-16-26-20-29-18-19-30-26/h1-15,18-22H. The van der Waals surface area contributed by atoms with Gasteiger partial charge in [0, 0.05) is 18.6 Å². The quantitative estimate of drug-likeness (QED) is 0.311. The molecule has 152 valence electrons. The molecule has 0 saturated carbocycles. The maximum Gasteiger partial charge on any atom is 0.131 e. The van der Waals surface area contributed by atoms with Crippen LogP contribution in [0.2, 0.25) is 0 Å². The molecule has 0 radical (unpaired) electrons. The Labute approximate surface area is 187 Å². The Kier molecular flexibility index (Phi) is 5.30. The van der Waals surface area contributed by atoms with Crippen LogP contribution in [0.25, 0.3) is 0 Å². The van der Waals surface area contributed by atoms with E-state index in [1.54, 1.807) is 18.6 Å². The number of aromatic nitrogens is 4. The molecule has 2 heterocycles. The van der Waals surface area contributed by atoms with Gasteiger partial charge in [-0.05, 0) is 28.5 Å². The average Bonchev–Trinajstić information content (AvgIpc) is 3.35. The first-order valence-corrected chi connectivity index (χ1v) is 10.4. The summed E-state index contributed by atoms with van der Waals surface area (Å²) in [5, 5.41) is 0. The lowest BCUT2D eigenvalue weighted by molar-refractivity contribution is 0.514. The molecule has 0 aliphatic heterocycles. The monoisotopic (exact) mass is 412 g/mol. The zero-order chi connectivity index (χ0) is 21.6. The molecule has 0 atom stereocenters. The van der Waals surface area contributed by atoms with E-state index < -0.39 is 5.54 Å². The zero-order valence-corrected chi connectivity index (χ0v) is 17.3. The van der Waals surface area contributed by atoms with Crippen LogP contribution in [0.1, 0.15) is 28.1 Å². The summed E-state index contributed by atoms with van der Waals surface area (Å²) in [5.41, 5.74) is 4.11. The van der Waals surface area contributed by atoms with Gasteiger partial charge < -0.3 is 4.57 Å². The predicted molar refractivity (Wildman–Crippen MR) is 125 cm³/mol. The fourth-order valence-corrected chi connectivity index (χ4v) is 4.05. The fourth-order valence-electron chi connectivity index (χ4n) is 4.05. The second kappa shape index (κ2) is 8.71. The molecule has 0 amide bonds. The number of benzene rings is 3. The third kappa shape index (κ3) is 3.57. The normalized spacial score (nSPS) is 10.9. The van der Waals surface area contributed by atoms with Gasteiger partial charge in [-0.1, -0.05) is 91.0 Å². The highest BCUT2D eigenvalue weighted by molar-refractivity contribution is 5.51. The molecule has 0 aliphatic carbocycles. The van der Waals surface area contributed by atoms with Crippen LogP contribution in [0.5, 0.6) is 0 Å². The third-order valence-corrected chi connectivity index (χ3v) is 5.43. The van der Waals surface area contributed by atoms with Gasteiger partial charge >= 0.3 is 0 Å². The van der Waals surface area contributed by atoms with E-state index >= 15 is 0 Å². The Morgan fingerprint density at radius 2 is 1.12 bits per heavy atom. The molecule has 0 saturated heterocycles. The molecule has 0 unspecified atom stereocenters. The first kappa shape index (κ1) is 19.5. The summed E-state index contributed by atoms with van der Waals surface area (Å²) in [5.74, 6) is 6.17. The lowest BCUT2D eigenvalue weighted by Crippen LogP contribution is -2.36. The minimum Gasteiger partial charge on any atom is -0.318 e. The van der Waals surface area contributed by atoms with Crippen molar-refractivity contribution in [3.05, 3.63) is 150 Å². The molecule has 3 aromatic carbocycles. The van der Waals surface area contributed by atoms with Crippen molar-refractivity contribution in [1.82, 2.24) is 19.5 Å². The summed E-state index contributed by atoms with van der Waals surface area (Å²) < 4.78 is 2.15. The molecule has 0 N–H and O–H groups in total. The van der Waals surface area contributed by atoms with Gasteiger partial charge in [-0.15, -0.1) is 0 Å². The van der Waals surface area contributed by atoms with Gasteiger partial charge in [0.25, 0.3) is 0 Å². The highest BCUT2D eigenvalue weighted by atomic mass is 15.1. The van der Waals surface area contributed by atoms with Crippen molar-refractivity contribution in [2.75, 3.05) is 0 Å². The van der Waals surface area contributed by atoms with Crippen molar-refractivity contribution >= 4 is 0 Å². The molecule has 2 aromatic heterocycles. The van der Waals surface area contributed by atoms with E-state index in [0.717, 1.165) is 16.7 Å². The summed E-state index contributed by atoms with van der Waals surface area (Å²) in [6.07, 6.45) is 8.76. The van der Waals surface area contributed by atoms with Crippen LogP contribution >= 0.6 is 0 Å². The summed E-state index contributed by atoms with van der Waals surface area (Å²) in [6, 6.07) is 31.5. The van der Waals surface area contributed by atoms with Gasteiger partial charge in [-0.25, -0.2) is 9.97 Å². The lowest BCUT2D eigenvalue weighted by Gasteiger charge is -2.37. The van der Waals surface area contributed by atoms with E-state index in [0.29, 0.717) is 11.4 Å². The molecule has 32 heavy (non-hydrogen) atoms. The summed E-state index contributed by atoms with van der Waals surface area (Å²) in [7, 11) is 0. The number of hydrogen-bond acceptors (Lipinski definition) is 3. The van der Waals surface area contributed by atoms with E-state index in [-0.39, 0.29) is 0 Å². The van der Waals surface area contributed by atoms with Crippen molar-refractivity contribution in [3.8, 4) is 11.8 Å². The van der Waals surface area contributed by atoms with Crippen LogP contribution < -0.4 is 0 Å². The first-order chi connectivity index (χ1) is 15.9. The third-order valence-electron chi connectivity index (χ3n) is 5.43. The predicted octanol–water partition coefficient (Wildman–Crippen LogP) is 4.91. The van der Waals surface area contributed by atoms with Gasteiger partial charge in [0.05, 0.1) is 12.5 Å². The van der Waals surface area contributed by atoms with E-state index in [4.69, 9.17) is 0 Å². The number of hydrogen-bond donors (Lipinski definition) is 0. The summed E-state index contributed by atoms with van der Waals surface area (Å²) >= 11 is 0. The molecule has 4 nitrogen and oxygen atoms in total. The van der Waals surface area contributed by atoms with Crippen LogP contribution in [0.15, 0.2) is 122 Å². The van der Waals surface area contributed by atoms with Gasteiger partial charge in [0.2, 0.25) is 0 Å². The average molecular weight is 412 g/mol. The number of imidazole rings is 1. The Morgan fingerprint density at radius 3 is 1.62 bits per heavy atom. The first-order valence-electron chi connectivity index (χ1n) is 10.4. The molecule has 5 aromatic rings. The topological polar surface area (TPSA) is 43.6 Å². The van der Waals surface area contributed by atoms with Gasteiger partial charge in [-0.3, -0.25) is 4.98 Å². The molecule has 0 bridgehead atoms. The highest BCUT2D eigenvalue weighted by Crippen LogP contribution is 2.40. The maximum absolute atomic E-state index is 4.61. The van der Waals surface area contributed by atoms with E-state index in [2.05, 4.69) is 104 Å². The molecule has 0 spiro atoms. The van der Waals surface area contributed by atoms with Gasteiger partial charge in [0.15, 0.2) is 0 Å². The summed E-state index contributed by atoms with van der Waals surface area (Å²) in [6.45, 7) is 0. The van der Waals surface area contributed by atoms with E-state index in [1.807, 2.05) is 30.7 Å². The van der Waals surface area contributed by atoms with Crippen molar-refractivity contribution < 1.29 is 0 Å². The maximum atomic E-state index is 4.61. The molecule has 4 heteroatoms. The van der Waals surface area contributed by atoms with Crippen LogP contribution in [0, 0.1) is 11.8 Å². The Bertz CT molecular complexity index is 1250. The molecule has 5 rings (SSSR count). The Balaban J connectivity index is 1.73. The Morgan fingerprint density at radius 1 is 0.594 bits per heavy atom.